The van der Waals surface area contributed by atoms with Crippen molar-refractivity contribution in [1.82, 2.24) is 4.90 Å². The van der Waals surface area contributed by atoms with Crippen LogP contribution in [0.1, 0.15) is 63.0 Å². The first-order valence-electron chi connectivity index (χ1n) is 15.1. The Balaban J connectivity index is 1.35. The van der Waals surface area contributed by atoms with E-state index < -0.39 is 0 Å². The largest absolute Gasteiger partial charge is 0.491 e. The van der Waals surface area contributed by atoms with Crippen molar-refractivity contribution in [2.24, 2.45) is 11.7 Å². The number of carbonyl (C=O) groups is 2. The predicted octanol–water partition coefficient (Wildman–Crippen LogP) is 6.38. The van der Waals surface area contributed by atoms with Crippen molar-refractivity contribution in [2.75, 3.05) is 19.8 Å². The van der Waals surface area contributed by atoms with Crippen molar-refractivity contribution in [3.05, 3.63) is 90.0 Å². The number of amides is 1. The van der Waals surface area contributed by atoms with Crippen LogP contribution in [0.15, 0.2) is 78.9 Å². The third-order valence-electron chi connectivity index (χ3n) is 7.84. The summed E-state index contributed by atoms with van der Waals surface area (Å²) in [5, 5.41) is 7.57. The fraction of sp³-hybridized carbons (Fsp3) is 0.400. The van der Waals surface area contributed by atoms with Gasteiger partial charge in [-0.05, 0) is 54.5 Å². The summed E-state index contributed by atoms with van der Waals surface area (Å²) in [6.07, 6.45) is 6.61. The van der Waals surface area contributed by atoms with Crippen LogP contribution in [0.5, 0.6) is 5.75 Å². The number of nitrogens with zero attached hydrogens (tertiary/aromatic N) is 1. The summed E-state index contributed by atoms with van der Waals surface area (Å²) in [5.41, 5.74) is 9.56. The van der Waals surface area contributed by atoms with Crippen molar-refractivity contribution < 1.29 is 19.1 Å². The molecule has 3 aromatic rings. The molecule has 7 nitrogen and oxygen atoms in total. The van der Waals surface area contributed by atoms with Crippen LogP contribution in [0.3, 0.4) is 0 Å². The lowest BCUT2D eigenvalue weighted by Crippen LogP contribution is -2.38. The van der Waals surface area contributed by atoms with Gasteiger partial charge in [-0.2, -0.15) is 0 Å². The third-order valence-corrected chi connectivity index (χ3v) is 7.84. The highest BCUT2D eigenvalue weighted by atomic mass is 16.5. The molecule has 0 unspecified atom stereocenters. The monoisotopic (exact) mass is 569 g/mol. The standard InChI is InChI=1S/C35H43N3O4/c1-2-3-4-8-22-41-33(39)24-30-23-31(38(35(30)40)21-9-12-26-10-6-5-7-11-26)25-42-32-19-17-28(18-20-32)27-13-15-29(16-14-27)34(36)37/h5-7,10-11,13-20,30-31H,2-4,8-9,12,21-25H2,1H3,(H3,36,37)/t30-,31-/m0/s1. The molecule has 0 saturated carbocycles. The Morgan fingerprint density at radius 2 is 1.62 bits per heavy atom. The number of esters is 1. The smallest absolute Gasteiger partial charge is 0.306 e. The molecule has 0 radical (unpaired) electrons. The van der Waals surface area contributed by atoms with Gasteiger partial charge in [0.15, 0.2) is 0 Å². The van der Waals surface area contributed by atoms with Gasteiger partial charge in [-0.3, -0.25) is 15.0 Å². The molecule has 1 amide bonds. The number of amidine groups is 1. The van der Waals surface area contributed by atoms with Gasteiger partial charge >= 0.3 is 5.97 Å². The first-order chi connectivity index (χ1) is 20.4. The summed E-state index contributed by atoms with van der Waals surface area (Å²) >= 11 is 0. The molecule has 1 aliphatic rings. The van der Waals surface area contributed by atoms with Crippen LogP contribution in [-0.4, -0.2) is 48.4 Å². The second-order valence-corrected chi connectivity index (χ2v) is 11.0. The van der Waals surface area contributed by atoms with Gasteiger partial charge in [-0.25, -0.2) is 0 Å². The van der Waals surface area contributed by atoms with E-state index in [0.29, 0.717) is 31.7 Å². The molecule has 3 aromatic carbocycles. The molecule has 7 heteroatoms. The first-order valence-corrected chi connectivity index (χ1v) is 15.1. The van der Waals surface area contributed by atoms with Gasteiger partial charge in [0.2, 0.25) is 5.91 Å². The van der Waals surface area contributed by atoms with E-state index in [-0.39, 0.29) is 36.1 Å². The Kier molecular flexibility index (Phi) is 11.6. The molecule has 0 aliphatic carbocycles. The predicted molar refractivity (Wildman–Crippen MR) is 166 cm³/mol. The molecule has 42 heavy (non-hydrogen) atoms. The lowest BCUT2D eigenvalue weighted by molar-refractivity contribution is -0.147. The molecule has 0 bridgehead atoms. The Morgan fingerprint density at radius 1 is 0.929 bits per heavy atom. The number of hydrogen-bond acceptors (Lipinski definition) is 5. The SMILES string of the molecule is CCCCCCOC(=O)C[C@@H]1C[C@@H](COc2ccc(-c3ccc(C(=N)N)cc3)cc2)N(CCCc2ccccc2)C1=O. The Bertz CT molecular complexity index is 1290. The minimum absolute atomic E-state index is 0.0175. The molecule has 222 valence electrons. The number of unbranched alkanes of at least 4 members (excludes halogenated alkanes) is 3. The first kappa shape index (κ1) is 30.8. The van der Waals surface area contributed by atoms with Crippen LogP contribution in [0.25, 0.3) is 11.1 Å². The minimum atomic E-state index is -0.376. The van der Waals surface area contributed by atoms with E-state index in [2.05, 4.69) is 19.1 Å². The van der Waals surface area contributed by atoms with Gasteiger partial charge in [0.05, 0.1) is 25.0 Å². The van der Waals surface area contributed by atoms with Crippen LogP contribution in [0, 0.1) is 11.3 Å². The molecular weight excluding hydrogens is 526 g/mol. The maximum Gasteiger partial charge on any atom is 0.306 e. The molecule has 1 aliphatic heterocycles. The third kappa shape index (κ3) is 8.93. The second kappa shape index (κ2) is 15.8. The van der Waals surface area contributed by atoms with Crippen LogP contribution in [0.4, 0.5) is 0 Å². The summed E-state index contributed by atoms with van der Waals surface area (Å²) in [6.45, 7) is 3.56. The Hall–Kier alpha value is -4.13. The molecule has 3 N–H and O–H groups in total. The van der Waals surface area contributed by atoms with Gasteiger partial charge < -0.3 is 20.1 Å². The van der Waals surface area contributed by atoms with Crippen molar-refractivity contribution in [3.8, 4) is 16.9 Å². The van der Waals surface area contributed by atoms with Crippen LogP contribution < -0.4 is 10.5 Å². The second-order valence-electron chi connectivity index (χ2n) is 11.0. The van der Waals surface area contributed by atoms with Crippen molar-refractivity contribution in [2.45, 2.75) is 64.3 Å². The molecule has 1 saturated heterocycles. The number of nitrogen functional groups attached to an aromatic ring is 1. The summed E-state index contributed by atoms with van der Waals surface area (Å²) in [4.78, 5) is 27.9. The highest BCUT2D eigenvalue weighted by molar-refractivity contribution is 5.95. The number of ether oxygens (including phenoxy) is 2. The van der Waals surface area contributed by atoms with Crippen LogP contribution in [-0.2, 0) is 20.7 Å². The number of hydrogen-bond donors (Lipinski definition) is 2. The number of nitrogens with two attached hydrogens (primary N) is 1. The van der Waals surface area contributed by atoms with Crippen molar-refractivity contribution >= 4 is 17.7 Å². The highest BCUT2D eigenvalue weighted by Crippen LogP contribution is 2.30. The van der Waals surface area contributed by atoms with Gasteiger partial charge in [0, 0.05) is 12.1 Å². The summed E-state index contributed by atoms with van der Waals surface area (Å²) in [7, 11) is 0. The number of rotatable bonds is 16. The Labute approximate surface area is 249 Å². The maximum absolute atomic E-state index is 13.4. The fourth-order valence-corrected chi connectivity index (χ4v) is 5.44. The molecule has 4 rings (SSSR count). The summed E-state index contributed by atoms with van der Waals surface area (Å²) in [5.74, 6) is 0.127. The molecular formula is C35H43N3O4. The molecule has 1 fully saturated rings. The minimum Gasteiger partial charge on any atom is -0.491 e. The van der Waals surface area contributed by atoms with E-state index in [0.717, 1.165) is 55.4 Å². The van der Waals surface area contributed by atoms with Crippen LogP contribution in [0.2, 0.25) is 0 Å². The van der Waals surface area contributed by atoms with Gasteiger partial charge in [-0.1, -0.05) is 92.9 Å². The van der Waals surface area contributed by atoms with E-state index in [4.69, 9.17) is 20.6 Å². The average Bonchev–Trinajstić information content (AvgIpc) is 3.30. The molecule has 1 heterocycles. The zero-order valence-corrected chi connectivity index (χ0v) is 24.6. The molecule has 0 spiro atoms. The van der Waals surface area contributed by atoms with Crippen molar-refractivity contribution in [3.63, 3.8) is 0 Å². The maximum atomic E-state index is 13.4. The number of carbonyl (C=O) groups excluding carboxylic acids is 2. The molecule has 0 aromatic heterocycles. The zero-order chi connectivity index (χ0) is 29.7. The van der Waals surface area contributed by atoms with E-state index >= 15 is 0 Å². The van der Waals surface area contributed by atoms with Crippen molar-refractivity contribution in [1.29, 1.82) is 5.41 Å². The van der Waals surface area contributed by atoms with E-state index in [9.17, 15) is 9.59 Å². The lowest BCUT2D eigenvalue weighted by Gasteiger charge is -2.25. The lowest BCUT2D eigenvalue weighted by atomic mass is 10.0. The number of likely N-dealkylation sites (tertiary alicyclic amines) is 1. The summed E-state index contributed by atoms with van der Waals surface area (Å²) < 4.78 is 11.6. The van der Waals surface area contributed by atoms with Crippen LogP contribution >= 0.6 is 0 Å². The number of aryl methyl sites for hydroxylation is 1. The number of benzene rings is 3. The van der Waals surface area contributed by atoms with Gasteiger partial charge in [0.1, 0.15) is 18.2 Å². The highest BCUT2D eigenvalue weighted by Gasteiger charge is 2.40. The van der Waals surface area contributed by atoms with E-state index in [1.807, 2.05) is 71.6 Å². The van der Waals surface area contributed by atoms with Gasteiger partial charge in [0.25, 0.3) is 0 Å². The zero-order valence-electron chi connectivity index (χ0n) is 24.6. The van der Waals surface area contributed by atoms with E-state index in [1.54, 1.807) is 0 Å². The normalized spacial score (nSPS) is 16.4. The topological polar surface area (TPSA) is 106 Å². The number of nitrogens with one attached hydrogen (secondary N) is 1. The quantitative estimate of drug-likeness (QED) is 0.0901. The Morgan fingerprint density at radius 3 is 2.29 bits per heavy atom. The molecule has 2 atom stereocenters. The fourth-order valence-electron chi connectivity index (χ4n) is 5.44. The van der Waals surface area contributed by atoms with Gasteiger partial charge in [-0.15, -0.1) is 0 Å². The summed E-state index contributed by atoms with van der Waals surface area (Å²) in [6, 6.07) is 25.6. The van der Waals surface area contributed by atoms with E-state index in [1.165, 1.54) is 5.56 Å². The average molecular weight is 570 g/mol.